The molecule has 1 saturated heterocycles. The highest BCUT2D eigenvalue weighted by Gasteiger charge is 2.30. The van der Waals surface area contributed by atoms with Gasteiger partial charge in [-0.05, 0) is 29.7 Å². The summed E-state index contributed by atoms with van der Waals surface area (Å²) in [5, 5.41) is 4.88. The first-order chi connectivity index (χ1) is 13.9. The molecular formula is C21H20FN3O3S. The van der Waals surface area contributed by atoms with Crippen molar-refractivity contribution in [1.82, 2.24) is 9.21 Å². The Hall–Kier alpha value is -2.97. The van der Waals surface area contributed by atoms with Crippen LogP contribution in [-0.4, -0.2) is 49.8 Å². The van der Waals surface area contributed by atoms with Gasteiger partial charge in [0.25, 0.3) is 0 Å². The van der Waals surface area contributed by atoms with E-state index >= 15 is 0 Å². The molecular weight excluding hydrogens is 393 g/mol. The van der Waals surface area contributed by atoms with Crippen LogP contribution < -0.4 is 5.32 Å². The van der Waals surface area contributed by atoms with Gasteiger partial charge in [-0.3, -0.25) is 0 Å². The molecule has 0 aromatic heterocycles. The molecule has 150 valence electrons. The molecule has 3 aromatic carbocycles. The van der Waals surface area contributed by atoms with Gasteiger partial charge in [0.1, 0.15) is 5.82 Å². The van der Waals surface area contributed by atoms with Crippen molar-refractivity contribution in [2.45, 2.75) is 4.90 Å². The van der Waals surface area contributed by atoms with Gasteiger partial charge in [0.2, 0.25) is 10.0 Å². The Morgan fingerprint density at radius 3 is 2.34 bits per heavy atom. The summed E-state index contributed by atoms with van der Waals surface area (Å²) in [6.07, 6.45) is 0. The fourth-order valence-electron chi connectivity index (χ4n) is 3.44. The Labute approximate surface area is 168 Å². The highest BCUT2D eigenvalue weighted by molar-refractivity contribution is 7.89. The van der Waals surface area contributed by atoms with E-state index in [1.54, 1.807) is 4.90 Å². The quantitative estimate of drug-likeness (QED) is 0.714. The molecule has 0 radical (unpaired) electrons. The second kappa shape index (κ2) is 7.81. The van der Waals surface area contributed by atoms with E-state index < -0.39 is 15.8 Å². The molecule has 1 fully saturated rings. The molecule has 6 nitrogen and oxygen atoms in total. The molecule has 0 aliphatic carbocycles. The van der Waals surface area contributed by atoms with E-state index in [0.29, 0.717) is 5.69 Å². The number of carbonyl (C=O) groups is 1. The van der Waals surface area contributed by atoms with Crippen LogP contribution in [-0.2, 0) is 10.0 Å². The Balaban J connectivity index is 1.43. The fraction of sp³-hybridized carbons (Fsp3) is 0.190. The zero-order valence-electron chi connectivity index (χ0n) is 15.6. The normalized spacial score (nSPS) is 15.4. The molecule has 0 spiro atoms. The van der Waals surface area contributed by atoms with Crippen LogP contribution in [0.4, 0.5) is 14.9 Å². The zero-order chi connectivity index (χ0) is 20.4. The monoisotopic (exact) mass is 413 g/mol. The minimum atomic E-state index is -3.79. The van der Waals surface area contributed by atoms with Gasteiger partial charge in [-0.1, -0.05) is 42.5 Å². The number of amides is 2. The Bertz CT molecular complexity index is 1150. The largest absolute Gasteiger partial charge is 0.322 e. The first-order valence-corrected chi connectivity index (χ1v) is 10.7. The first-order valence-electron chi connectivity index (χ1n) is 9.24. The Kier molecular flexibility index (Phi) is 5.21. The van der Waals surface area contributed by atoms with E-state index in [0.717, 1.165) is 16.8 Å². The van der Waals surface area contributed by atoms with Crippen LogP contribution >= 0.6 is 0 Å². The van der Waals surface area contributed by atoms with Crippen molar-refractivity contribution in [3.05, 3.63) is 72.5 Å². The average molecular weight is 413 g/mol. The number of hydrogen-bond acceptors (Lipinski definition) is 3. The first kappa shape index (κ1) is 19.4. The van der Waals surface area contributed by atoms with Crippen molar-refractivity contribution >= 4 is 32.5 Å². The SMILES string of the molecule is O=C(Nc1cccc2ccccc12)N1CCN(S(=O)(=O)c2cccc(F)c2)CC1. The minimum absolute atomic E-state index is 0.0776. The molecule has 0 atom stereocenters. The predicted molar refractivity (Wildman–Crippen MR) is 110 cm³/mol. The van der Waals surface area contributed by atoms with Crippen LogP contribution in [0.3, 0.4) is 0 Å². The van der Waals surface area contributed by atoms with E-state index in [2.05, 4.69) is 5.32 Å². The maximum atomic E-state index is 13.4. The third-order valence-electron chi connectivity index (χ3n) is 4.99. The lowest BCUT2D eigenvalue weighted by atomic mass is 10.1. The summed E-state index contributed by atoms with van der Waals surface area (Å²) >= 11 is 0. The van der Waals surface area contributed by atoms with E-state index in [4.69, 9.17) is 0 Å². The van der Waals surface area contributed by atoms with Crippen molar-refractivity contribution in [3.63, 3.8) is 0 Å². The number of nitrogens with zero attached hydrogens (tertiary/aromatic N) is 2. The summed E-state index contributed by atoms with van der Waals surface area (Å²) in [5.41, 5.74) is 0.711. The number of halogens is 1. The van der Waals surface area contributed by atoms with E-state index in [9.17, 15) is 17.6 Å². The summed E-state index contributed by atoms with van der Waals surface area (Å²) < 4.78 is 40.1. The molecule has 0 saturated carbocycles. The third kappa shape index (κ3) is 3.94. The second-order valence-corrected chi connectivity index (χ2v) is 8.74. The van der Waals surface area contributed by atoms with E-state index in [1.807, 2.05) is 42.5 Å². The van der Waals surface area contributed by atoms with Gasteiger partial charge in [0.05, 0.1) is 10.6 Å². The number of piperazine rings is 1. The van der Waals surface area contributed by atoms with E-state index in [-0.39, 0.29) is 37.1 Å². The lowest BCUT2D eigenvalue weighted by molar-refractivity contribution is 0.184. The predicted octanol–water partition coefficient (Wildman–Crippen LogP) is 3.52. The number of fused-ring (bicyclic) bond motifs is 1. The number of anilines is 1. The second-order valence-electron chi connectivity index (χ2n) is 6.81. The number of hydrogen-bond donors (Lipinski definition) is 1. The van der Waals surface area contributed by atoms with Crippen LogP contribution in [0.1, 0.15) is 0 Å². The summed E-state index contributed by atoms with van der Waals surface area (Å²) in [5.74, 6) is -0.598. The maximum Gasteiger partial charge on any atom is 0.321 e. The number of sulfonamides is 1. The maximum absolute atomic E-state index is 13.4. The topological polar surface area (TPSA) is 69.7 Å². The third-order valence-corrected chi connectivity index (χ3v) is 6.89. The van der Waals surface area contributed by atoms with E-state index in [1.165, 1.54) is 22.5 Å². The van der Waals surface area contributed by atoms with Crippen molar-refractivity contribution in [3.8, 4) is 0 Å². The average Bonchev–Trinajstić information content (AvgIpc) is 2.74. The molecule has 1 aliphatic rings. The summed E-state index contributed by atoms with van der Waals surface area (Å²) in [6.45, 7) is 0.819. The van der Waals surface area contributed by atoms with Crippen molar-refractivity contribution in [2.24, 2.45) is 0 Å². The zero-order valence-corrected chi connectivity index (χ0v) is 16.4. The van der Waals surface area contributed by atoms with Crippen LogP contribution in [0, 0.1) is 5.82 Å². The van der Waals surface area contributed by atoms with Gasteiger partial charge in [0.15, 0.2) is 0 Å². The molecule has 2 amide bonds. The molecule has 29 heavy (non-hydrogen) atoms. The number of nitrogens with one attached hydrogen (secondary N) is 1. The molecule has 1 aliphatic heterocycles. The number of benzene rings is 3. The van der Waals surface area contributed by atoms with Crippen LogP contribution in [0.5, 0.6) is 0 Å². The number of urea groups is 1. The minimum Gasteiger partial charge on any atom is -0.322 e. The molecule has 1 N–H and O–H groups in total. The molecule has 4 rings (SSSR count). The van der Waals surface area contributed by atoms with Crippen molar-refractivity contribution in [1.29, 1.82) is 0 Å². The van der Waals surface area contributed by atoms with Crippen LogP contribution in [0.2, 0.25) is 0 Å². The summed E-state index contributed by atoms with van der Waals surface area (Å²) in [6, 6.07) is 18.1. The van der Waals surface area contributed by atoms with Gasteiger partial charge in [-0.15, -0.1) is 0 Å². The molecule has 0 unspecified atom stereocenters. The lowest BCUT2D eigenvalue weighted by Gasteiger charge is -2.34. The van der Waals surface area contributed by atoms with Gasteiger partial charge in [-0.2, -0.15) is 4.31 Å². The standard InChI is InChI=1S/C21H20FN3O3S/c22-17-7-4-8-18(15-17)29(27,28)25-13-11-24(12-14-25)21(26)23-20-10-3-6-16-5-1-2-9-19(16)20/h1-10,15H,11-14H2,(H,23,26). The number of rotatable bonds is 3. The van der Waals surface area contributed by atoms with Crippen molar-refractivity contribution < 1.29 is 17.6 Å². The molecule has 8 heteroatoms. The Morgan fingerprint density at radius 1 is 0.897 bits per heavy atom. The van der Waals surface area contributed by atoms with Crippen LogP contribution in [0.25, 0.3) is 10.8 Å². The lowest BCUT2D eigenvalue weighted by Crippen LogP contribution is -2.51. The smallest absolute Gasteiger partial charge is 0.321 e. The van der Waals surface area contributed by atoms with Crippen LogP contribution in [0.15, 0.2) is 71.6 Å². The van der Waals surface area contributed by atoms with Gasteiger partial charge >= 0.3 is 6.03 Å². The molecule has 3 aromatic rings. The fourth-order valence-corrected chi connectivity index (χ4v) is 4.89. The number of carbonyl (C=O) groups excluding carboxylic acids is 1. The summed E-state index contributed by atoms with van der Waals surface area (Å²) in [7, 11) is -3.79. The summed E-state index contributed by atoms with van der Waals surface area (Å²) in [4.78, 5) is 14.2. The Morgan fingerprint density at radius 2 is 1.59 bits per heavy atom. The highest BCUT2D eigenvalue weighted by atomic mass is 32.2. The van der Waals surface area contributed by atoms with Gasteiger partial charge < -0.3 is 10.2 Å². The van der Waals surface area contributed by atoms with Crippen molar-refractivity contribution in [2.75, 3.05) is 31.5 Å². The van der Waals surface area contributed by atoms with Gasteiger partial charge in [-0.25, -0.2) is 17.6 Å². The highest BCUT2D eigenvalue weighted by Crippen LogP contribution is 2.24. The van der Waals surface area contributed by atoms with Gasteiger partial charge in [0, 0.05) is 31.6 Å². The molecule has 0 bridgehead atoms. The molecule has 1 heterocycles.